The molecule has 0 aliphatic carbocycles. The maximum absolute atomic E-state index is 13.1. The van der Waals surface area contributed by atoms with Gasteiger partial charge in [0.15, 0.2) is 19.7 Å². The molecule has 0 radical (unpaired) electrons. The lowest BCUT2D eigenvalue weighted by Gasteiger charge is -2.20. The van der Waals surface area contributed by atoms with E-state index >= 15 is 0 Å². The summed E-state index contributed by atoms with van der Waals surface area (Å²) in [5.74, 6) is -0.494. The van der Waals surface area contributed by atoms with E-state index in [1.807, 2.05) is 38.1 Å². The van der Waals surface area contributed by atoms with Gasteiger partial charge in [0.1, 0.15) is 0 Å². The minimum Gasteiger partial charge on any atom is -0.308 e. The normalized spacial score (nSPS) is 22.0. The average molecular weight is 408 g/mol. The molecule has 0 saturated carbocycles. The molecule has 2 aromatic carbocycles. The van der Waals surface area contributed by atoms with Crippen molar-refractivity contribution in [3.63, 3.8) is 0 Å². The van der Waals surface area contributed by atoms with Crippen molar-refractivity contribution in [2.24, 2.45) is 0 Å². The predicted octanol–water partition coefficient (Wildman–Crippen LogP) is 2.29. The van der Waals surface area contributed by atoms with Crippen molar-refractivity contribution in [3.8, 4) is 0 Å². The van der Waals surface area contributed by atoms with E-state index in [0.717, 1.165) is 23.1 Å². The molecule has 2 aromatic rings. The van der Waals surface area contributed by atoms with Crippen LogP contribution in [-0.2, 0) is 32.6 Å². The molecule has 5 nitrogen and oxygen atoms in total. The smallest absolute Gasteiger partial charge is 0.183 e. The number of rotatable bonds is 6. The molecule has 1 heterocycles. The molecule has 7 heteroatoms. The third-order valence-electron chi connectivity index (χ3n) is 5.05. The van der Waals surface area contributed by atoms with Gasteiger partial charge in [-0.25, -0.2) is 16.8 Å². The van der Waals surface area contributed by atoms with E-state index in [0.29, 0.717) is 6.54 Å². The highest BCUT2D eigenvalue weighted by molar-refractivity contribution is 7.96. The zero-order valence-corrected chi connectivity index (χ0v) is 17.2. The first-order chi connectivity index (χ1) is 12.7. The van der Waals surface area contributed by atoms with Crippen molar-refractivity contribution in [2.75, 3.05) is 11.5 Å². The Balaban J connectivity index is 1.82. The molecular weight excluding hydrogens is 382 g/mol. The minimum atomic E-state index is -3.74. The summed E-state index contributed by atoms with van der Waals surface area (Å²) in [6, 6.07) is 14.0. The van der Waals surface area contributed by atoms with E-state index in [4.69, 9.17) is 0 Å². The first-order valence-corrected chi connectivity index (χ1v) is 12.4. The highest BCUT2D eigenvalue weighted by Gasteiger charge is 2.45. The molecule has 1 aliphatic rings. The summed E-state index contributed by atoms with van der Waals surface area (Å²) in [4.78, 5) is 0.184. The van der Waals surface area contributed by atoms with Crippen LogP contribution in [0.2, 0.25) is 0 Å². The first kappa shape index (κ1) is 20.0. The monoisotopic (exact) mass is 407 g/mol. The Labute approximate surface area is 161 Å². The molecule has 0 unspecified atom stereocenters. The van der Waals surface area contributed by atoms with Crippen molar-refractivity contribution in [2.45, 2.75) is 43.0 Å². The first-order valence-electron chi connectivity index (χ1n) is 9.03. The van der Waals surface area contributed by atoms with Gasteiger partial charge in [-0.1, -0.05) is 48.9 Å². The predicted molar refractivity (Wildman–Crippen MR) is 107 cm³/mol. The molecule has 0 bridgehead atoms. The summed E-state index contributed by atoms with van der Waals surface area (Å²) in [5.41, 5.74) is 3.17. The van der Waals surface area contributed by atoms with E-state index in [9.17, 15) is 16.8 Å². The summed E-state index contributed by atoms with van der Waals surface area (Å²) in [7, 11) is -7.14. The minimum absolute atomic E-state index is 0.157. The van der Waals surface area contributed by atoms with Crippen LogP contribution in [0.15, 0.2) is 53.4 Å². The Bertz CT molecular complexity index is 995. The largest absolute Gasteiger partial charge is 0.308 e. The fourth-order valence-electron chi connectivity index (χ4n) is 3.36. The molecule has 3 rings (SSSR count). The van der Waals surface area contributed by atoms with Crippen LogP contribution < -0.4 is 5.32 Å². The molecule has 146 valence electrons. The Morgan fingerprint density at radius 1 is 0.963 bits per heavy atom. The Morgan fingerprint density at radius 3 is 2.15 bits per heavy atom. The number of hydrogen-bond donors (Lipinski definition) is 1. The van der Waals surface area contributed by atoms with Gasteiger partial charge in [-0.3, -0.25) is 0 Å². The van der Waals surface area contributed by atoms with Crippen molar-refractivity contribution in [1.29, 1.82) is 0 Å². The van der Waals surface area contributed by atoms with Gasteiger partial charge in [0.05, 0.1) is 21.7 Å². The number of aryl methyl sites for hydroxylation is 2. The van der Waals surface area contributed by atoms with E-state index in [2.05, 4.69) is 5.32 Å². The second-order valence-corrected chi connectivity index (χ2v) is 11.5. The molecule has 1 fully saturated rings. The van der Waals surface area contributed by atoms with Crippen LogP contribution in [-0.4, -0.2) is 39.6 Å². The van der Waals surface area contributed by atoms with Crippen molar-refractivity contribution in [3.05, 3.63) is 65.2 Å². The number of sulfone groups is 2. The van der Waals surface area contributed by atoms with Gasteiger partial charge in [-0.2, -0.15) is 0 Å². The van der Waals surface area contributed by atoms with Gasteiger partial charge in [0.2, 0.25) is 0 Å². The van der Waals surface area contributed by atoms with Gasteiger partial charge >= 0.3 is 0 Å². The number of hydrogen-bond acceptors (Lipinski definition) is 5. The lowest BCUT2D eigenvalue weighted by molar-refractivity contribution is 0.526. The number of nitrogens with one attached hydrogen (secondary N) is 1. The molecule has 1 aliphatic heterocycles. The Kier molecular flexibility index (Phi) is 5.74. The van der Waals surface area contributed by atoms with E-state index in [1.165, 1.54) is 0 Å². The molecule has 0 aromatic heterocycles. The Morgan fingerprint density at radius 2 is 1.56 bits per heavy atom. The topological polar surface area (TPSA) is 80.3 Å². The molecule has 0 amide bonds. The molecule has 0 spiro atoms. The van der Waals surface area contributed by atoms with Crippen LogP contribution in [0.3, 0.4) is 0 Å². The summed E-state index contributed by atoms with van der Waals surface area (Å²) in [6.07, 6.45) is 0.818. The maximum atomic E-state index is 13.1. The van der Waals surface area contributed by atoms with Crippen molar-refractivity contribution < 1.29 is 16.8 Å². The van der Waals surface area contributed by atoms with Gasteiger partial charge in [-0.05, 0) is 36.6 Å². The SMILES string of the molecule is CCc1ccc(S(=O)(=O)[C@H]2CS(=O)(=O)C[C@@H]2NCc2ccc(C)cc2)cc1. The fourth-order valence-corrected chi connectivity index (χ4v) is 8.07. The number of benzene rings is 2. The van der Waals surface area contributed by atoms with Crippen LogP contribution in [0.5, 0.6) is 0 Å². The highest BCUT2D eigenvalue weighted by Crippen LogP contribution is 2.26. The van der Waals surface area contributed by atoms with Gasteiger partial charge in [0, 0.05) is 12.6 Å². The van der Waals surface area contributed by atoms with E-state index in [1.54, 1.807) is 24.3 Å². The van der Waals surface area contributed by atoms with Crippen LogP contribution in [0.4, 0.5) is 0 Å². The second-order valence-electron chi connectivity index (χ2n) is 7.13. The third-order valence-corrected chi connectivity index (χ3v) is 9.21. The quantitative estimate of drug-likeness (QED) is 0.795. The van der Waals surface area contributed by atoms with Gasteiger partial charge < -0.3 is 5.32 Å². The summed E-state index contributed by atoms with van der Waals surface area (Å²) in [5, 5.41) is 2.19. The fraction of sp³-hybridized carbons (Fsp3) is 0.400. The average Bonchev–Trinajstić information content (AvgIpc) is 2.97. The van der Waals surface area contributed by atoms with Crippen LogP contribution >= 0.6 is 0 Å². The lowest BCUT2D eigenvalue weighted by Crippen LogP contribution is -2.43. The summed E-state index contributed by atoms with van der Waals surface area (Å²) < 4.78 is 50.5. The molecule has 2 atom stereocenters. The highest BCUT2D eigenvalue weighted by atomic mass is 32.2. The van der Waals surface area contributed by atoms with Gasteiger partial charge in [-0.15, -0.1) is 0 Å². The Hall–Kier alpha value is -1.70. The van der Waals surface area contributed by atoms with Gasteiger partial charge in [0.25, 0.3) is 0 Å². The molecule has 1 saturated heterocycles. The van der Waals surface area contributed by atoms with Crippen LogP contribution in [0.1, 0.15) is 23.6 Å². The summed E-state index contributed by atoms with van der Waals surface area (Å²) in [6.45, 7) is 4.42. The molecule has 27 heavy (non-hydrogen) atoms. The molecular formula is C20H25NO4S2. The van der Waals surface area contributed by atoms with E-state index < -0.39 is 31.0 Å². The summed E-state index contributed by atoms with van der Waals surface area (Å²) >= 11 is 0. The zero-order chi connectivity index (χ0) is 19.7. The second kappa shape index (κ2) is 7.73. The zero-order valence-electron chi connectivity index (χ0n) is 15.6. The standard InChI is InChI=1S/C20H25NO4S2/c1-3-16-8-10-18(11-9-16)27(24,25)20-14-26(22,23)13-19(20)21-12-17-6-4-15(2)5-7-17/h4-11,19-21H,3,12-14H2,1-2H3/t19-,20-/m0/s1. The molecule has 1 N–H and O–H groups in total. The lowest BCUT2D eigenvalue weighted by atomic mass is 10.1. The van der Waals surface area contributed by atoms with E-state index in [-0.39, 0.29) is 16.4 Å². The van der Waals surface area contributed by atoms with Crippen LogP contribution in [0.25, 0.3) is 0 Å². The third kappa shape index (κ3) is 4.59. The van der Waals surface area contributed by atoms with Crippen molar-refractivity contribution in [1.82, 2.24) is 5.32 Å². The van der Waals surface area contributed by atoms with Crippen LogP contribution in [0, 0.1) is 6.92 Å². The van der Waals surface area contributed by atoms with Crippen molar-refractivity contribution >= 4 is 19.7 Å². The maximum Gasteiger partial charge on any atom is 0.183 e.